The van der Waals surface area contributed by atoms with Crippen LogP contribution in [0.2, 0.25) is 0 Å². The van der Waals surface area contributed by atoms with Crippen molar-refractivity contribution >= 4 is 5.91 Å². The van der Waals surface area contributed by atoms with Gasteiger partial charge in [0.1, 0.15) is 5.82 Å². The van der Waals surface area contributed by atoms with Crippen molar-refractivity contribution in [2.24, 2.45) is 0 Å². The number of aromatic amines is 2. The zero-order chi connectivity index (χ0) is 16.5. The Morgan fingerprint density at radius 3 is 2.79 bits per heavy atom. The first-order valence-corrected chi connectivity index (χ1v) is 7.87. The third-order valence-electron chi connectivity index (χ3n) is 4.05. The standard InChI is InChI=1S/C16H17N7O/c1-9-13(14(22-20-9)10-2-3-10)16(24)18-8-12-19-15(23-21-12)11-4-6-17-7-5-11/h4-7,10H,2-3,8H2,1H3,(H,18,24)(H,20,22)(H,19,21,23). The molecule has 8 nitrogen and oxygen atoms in total. The Kier molecular flexibility index (Phi) is 3.56. The van der Waals surface area contributed by atoms with E-state index in [4.69, 9.17) is 0 Å². The lowest BCUT2D eigenvalue weighted by Crippen LogP contribution is -2.24. The molecule has 3 aromatic rings. The average molecular weight is 323 g/mol. The van der Waals surface area contributed by atoms with E-state index < -0.39 is 0 Å². The zero-order valence-corrected chi connectivity index (χ0v) is 13.2. The van der Waals surface area contributed by atoms with Gasteiger partial charge in [0.15, 0.2) is 5.82 Å². The summed E-state index contributed by atoms with van der Waals surface area (Å²) in [5.41, 5.74) is 3.20. The van der Waals surface area contributed by atoms with Gasteiger partial charge in [-0.25, -0.2) is 4.98 Å². The van der Waals surface area contributed by atoms with Gasteiger partial charge in [0.2, 0.25) is 0 Å². The number of pyridine rings is 1. The topological polar surface area (TPSA) is 112 Å². The van der Waals surface area contributed by atoms with Crippen molar-refractivity contribution in [3.63, 3.8) is 0 Å². The van der Waals surface area contributed by atoms with E-state index in [9.17, 15) is 4.79 Å². The second-order valence-electron chi connectivity index (χ2n) is 5.91. The molecular formula is C16H17N7O. The molecule has 1 aliphatic carbocycles. The molecule has 122 valence electrons. The number of nitrogens with zero attached hydrogens (tertiary/aromatic N) is 4. The van der Waals surface area contributed by atoms with Crippen molar-refractivity contribution in [3.05, 3.63) is 47.3 Å². The van der Waals surface area contributed by atoms with Crippen molar-refractivity contribution < 1.29 is 4.79 Å². The predicted molar refractivity (Wildman–Crippen MR) is 86.1 cm³/mol. The van der Waals surface area contributed by atoms with Crippen LogP contribution in [0, 0.1) is 6.92 Å². The Morgan fingerprint density at radius 1 is 1.25 bits per heavy atom. The number of hydrogen-bond acceptors (Lipinski definition) is 5. The Balaban J connectivity index is 1.45. The first-order chi connectivity index (χ1) is 11.7. The van der Waals surface area contributed by atoms with Crippen molar-refractivity contribution in [2.45, 2.75) is 32.2 Å². The monoisotopic (exact) mass is 323 g/mol. The maximum atomic E-state index is 12.5. The summed E-state index contributed by atoms with van der Waals surface area (Å²) in [6.45, 7) is 2.15. The maximum absolute atomic E-state index is 12.5. The van der Waals surface area contributed by atoms with Crippen LogP contribution < -0.4 is 5.32 Å². The van der Waals surface area contributed by atoms with Crippen LogP contribution in [0.25, 0.3) is 11.4 Å². The van der Waals surface area contributed by atoms with Gasteiger partial charge in [0.05, 0.1) is 17.8 Å². The molecular weight excluding hydrogens is 306 g/mol. The van der Waals surface area contributed by atoms with Crippen LogP contribution in [0.3, 0.4) is 0 Å². The summed E-state index contributed by atoms with van der Waals surface area (Å²) in [7, 11) is 0. The highest BCUT2D eigenvalue weighted by Crippen LogP contribution is 2.41. The van der Waals surface area contributed by atoms with Crippen molar-refractivity contribution in [2.75, 3.05) is 0 Å². The molecule has 0 atom stereocenters. The summed E-state index contributed by atoms with van der Waals surface area (Å²) < 4.78 is 0. The zero-order valence-electron chi connectivity index (χ0n) is 13.2. The van der Waals surface area contributed by atoms with Crippen molar-refractivity contribution in [1.29, 1.82) is 0 Å². The molecule has 1 fully saturated rings. The number of carbonyl (C=O) groups is 1. The van der Waals surface area contributed by atoms with E-state index in [1.807, 2.05) is 19.1 Å². The normalized spacial score (nSPS) is 13.9. The maximum Gasteiger partial charge on any atom is 0.255 e. The molecule has 0 spiro atoms. The van der Waals surface area contributed by atoms with Gasteiger partial charge < -0.3 is 5.32 Å². The van der Waals surface area contributed by atoms with Gasteiger partial charge >= 0.3 is 0 Å². The molecule has 0 aromatic carbocycles. The minimum atomic E-state index is -0.134. The van der Waals surface area contributed by atoms with Gasteiger partial charge in [0, 0.05) is 29.6 Å². The highest BCUT2D eigenvalue weighted by molar-refractivity contribution is 5.96. The number of nitrogens with one attached hydrogen (secondary N) is 3. The van der Waals surface area contributed by atoms with E-state index in [0.717, 1.165) is 29.8 Å². The van der Waals surface area contributed by atoms with E-state index >= 15 is 0 Å². The Bertz CT molecular complexity index is 864. The number of rotatable bonds is 5. The molecule has 0 bridgehead atoms. The first kappa shape index (κ1) is 14.6. The summed E-state index contributed by atoms with van der Waals surface area (Å²) in [4.78, 5) is 20.9. The summed E-state index contributed by atoms with van der Waals surface area (Å²) in [6.07, 6.45) is 5.58. The molecule has 1 saturated carbocycles. The highest BCUT2D eigenvalue weighted by Gasteiger charge is 2.31. The number of H-pyrrole nitrogens is 2. The fraction of sp³-hybridized carbons (Fsp3) is 0.312. The number of hydrogen-bond donors (Lipinski definition) is 3. The van der Waals surface area contributed by atoms with Crippen LogP contribution >= 0.6 is 0 Å². The summed E-state index contributed by atoms with van der Waals surface area (Å²) >= 11 is 0. The van der Waals surface area contributed by atoms with Gasteiger partial charge in [-0.1, -0.05) is 0 Å². The van der Waals surface area contributed by atoms with Crippen LogP contribution in [0.1, 0.15) is 46.3 Å². The molecule has 0 aliphatic heterocycles. The van der Waals surface area contributed by atoms with E-state index in [2.05, 4.69) is 35.7 Å². The average Bonchev–Trinajstić information content (AvgIpc) is 3.21. The molecule has 0 unspecified atom stereocenters. The summed E-state index contributed by atoms with van der Waals surface area (Å²) in [6, 6.07) is 3.67. The van der Waals surface area contributed by atoms with E-state index in [0.29, 0.717) is 23.1 Å². The fourth-order valence-corrected chi connectivity index (χ4v) is 2.64. The van der Waals surface area contributed by atoms with Crippen LogP contribution in [0.15, 0.2) is 24.5 Å². The van der Waals surface area contributed by atoms with Crippen molar-refractivity contribution in [3.8, 4) is 11.4 Å². The van der Waals surface area contributed by atoms with E-state index in [1.54, 1.807) is 12.4 Å². The van der Waals surface area contributed by atoms with Crippen LogP contribution in [0.5, 0.6) is 0 Å². The summed E-state index contributed by atoms with van der Waals surface area (Å²) in [5, 5.41) is 17.1. The minimum Gasteiger partial charge on any atom is -0.345 e. The molecule has 0 radical (unpaired) electrons. The van der Waals surface area contributed by atoms with Gasteiger partial charge in [-0.2, -0.15) is 10.2 Å². The number of amides is 1. The predicted octanol–water partition coefficient (Wildman–Crippen LogP) is 1.71. The van der Waals surface area contributed by atoms with Crippen LogP contribution in [-0.2, 0) is 6.54 Å². The molecule has 8 heteroatoms. The molecule has 0 saturated heterocycles. The second kappa shape index (κ2) is 5.88. The quantitative estimate of drug-likeness (QED) is 0.661. The van der Waals surface area contributed by atoms with E-state index in [-0.39, 0.29) is 12.5 Å². The van der Waals surface area contributed by atoms with Gasteiger partial charge in [-0.3, -0.25) is 20.0 Å². The smallest absolute Gasteiger partial charge is 0.255 e. The molecule has 1 amide bonds. The van der Waals surface area contributed by atoms with Gasteiger partial charge in [0.25, 0.3) is 5.91 Å². The number of aryl methyl sites for hydroxylation is 1. The first-order valence-electron chi connectivity index (χ1n) is 7.87. The Labute approximate surface area is 138 Å². The third kappa shape index (κ3) is 2.78. The Hall–Kier alpha value is -3.03. The second-order valence-corrected chi connectivity index (χ2v) is 5.91. The molecule has 3 aromatic heterocycles. The largest absolute Gasteiger partial charge is 0.345 e. The van der Waals surface area contributed by atoms with E-state index in [1.165, 1.54) is 0 Å². The molecule has 4 rings (SSSR count). The third-order valence-corrected chi connectivity index (χ3v) is 4.05. The molecule has 24 heavy (non-hydrogen) atoms. The van der Waals surface area contributed by atoms with Crippen molar-refractivity contribution in [1.82, 2.24) is 35.7 Å². The highest BCUT2D eigenvalue weighted by atomic mass is 16.1. The molecule has 3 N–H and O–H groups in total. The Morgan fingerprint density at radius 2 is 2.04 bits per heavy atom. The lowest BCUT2D eigenvalue weighted by molar-refractivity contribution is 0.0948. The fourth-order valence-electron chi connectivity index (χ4n) is 2.64. The molecule has 1 aliphatic rings. The SMILES string of the molecule is Cc1[nH]nc(C2CC2)c1C(=O)NCc1nc(-c2ccncc2)n[nH]1. The van der Waals surface area contributed by atoms with Gasteiger partial charge in [-0.05, 0) is 31.9 Å². The lowest BCUT2D eigenvalue weighted by atomic mass is 10.1. The minimum absolute atomic E-state index is 0.134. The lowest BCUT2D eigenvalue weighted by Gasteiger charge is -2.04. The molecule has 3 heterocycles. The number of carbonyl (C=O) groups excluding carboxylic acids is 1. The summed E-state index contributed by atoms with van der Waals surface area (Å²) in [5.74, 6) is 1.47. The van der Waals surface area contributed by atoms with Crippen LogP contribution in [0.4, 0.5) is 0 Å². The number of aromatic nitrogens is 6. The van der Waals surface area contributed by atoms with Gasteiger partial charge in [-0.15, -0.1) is 0 Å². The van der Waals surface area contributed by atoms with Crippen LogP contribution in [-0.4, -0.2) is 36.3 Å².